The smallest absolute Gasteiger partial charge is 0.0249 e. The van der Waals surface area contributed by atoms with Crippen LogP contribution in [0.1, 0.15) is 65.7 Å². The Morgan fingerprint density at radius 3 is 2.12 bits per heavy atom. The van der Waals surface area contributed by atoms with Crippen molar-refractivity contribution in [3.05, 3.63) is 0 Å². The fourth-order valence-electron chi connectivity index (χ4n) is 3.36. The quantitative estimate of drug-likeness (QED) is 0.721. The summed E-state index contributed by atoms with van der Waals surface area (Å²) in [4.78, 5) is 2.65. The van der Waals surface area contributed by atoms with Gasteiger partial charge in [0.05, 0.1) is 0 Å². The van der Waals surface area contributed by atoms with Crippen LogP contribution in [-0.2, 0) is 0 Å². The Labute approximate surface area is 108 Å². The SMILES string of the molecule is CCCN(C(C)C)C(CN)C1CCCCCC1. The van der Waals surface area contributed by atoms with Gasteiger partial charge in [0.25, 0.3) is 0 Å². The van der Waals surface area contributed by atoms with E-state index in [9.17, 15) is 0 Å². The molecule has 2 N–H and O–H groups in total. The molecule has 102 valence electrons. The average molecular weight is 240 g/mol. The van der Waals surface area contributed by atoms with Crippen molar-refractivity contribution in [2.24, 2.45) is 11.7 Å². The van der Waals surface area contributed by atoms with Crippen molar-refractivity contribution < 1.29 is 0 Å². The van der Waals surface area contributed by atoms with E-state index in [-0.39, 0.29) is 0 Å². The first-order chi connectivity index (χ1) is 8.20. The zero-order valence-electron chi connectivity index (χ0n) is 12.1. The summed E-state index contributed by atoms with van der Waals surface area (Å²) in [5.74, 6) is 0.844. The van der Waals surface area contributed by atoms with Crippen LogP contribution in [-0.4, -0.2) is 30.1 Å². The Balaban J connectivity index is 2.64. The second-order valence-corrected chi connectivity index (χ2v) is 5.89. The molecule has 2 heteroatoms. The van der Waals surface area contributed by atoms with Crippen LogP contribution in [0.25, 0.3) is 0 Å². The molecule has 0 aromatic rings. The molecule has 0 amide bonds. The Bertz CT molecular complexity index is 183. The summed E-state index contributed by atoms with van der Waals surface area (Å²) >= 11 is 0. The van der Waals surface area contributed by atoms with Gasteiger partial charge in [0.2, 0.25) is 0 Å². The van der Waals surface area contributed by atoms with Gasteiger partial charge >= 0.3 is 0 Å². The summed E-state index contributed by atoms with van der Waals surface area (Å²) in [6.45, 7) is 8.94. The van der Waals surface area contributed by atoms with E-state index in [0.717, 1.165) is 12.5 Å². The summed E-state index contributed by atoms with van der Waals surface area (Å²) < 4.78 is 0. The molecule has 0 bridgehead atoms. The maximum absolute atomic E-state index is 6.08. The lowest BCUT2D eigenvalue weighted by atomic mass is 9.90. The zero-order chi connectivity index (χ0) is 12.7. The van der Waals surface area contributed by atoms with Crippen molar-refractivity contribution in [1.29, 1.82) is 0 Å². The highest BCUT2D eigenvalue weighted by atomic mass is 15.2. The minimum absolute atomic E-state index is 0.619. The Morgan fingerprint density at radius 2 is 1.71 bits per heavy atom. The lowest BCUT2D eigenvalue weighted by Crippen LogP contribution is -2.49. The van der Waals surface area contributed by atoms with Crippen molar-refractivity contribution in [1.82, 2.24) is 4.90 Å². The molecule has 17 heavy (non-hydrogen) atoms. The molecule has 0 aromatic heterocycles. The molecule has 0 radical (unpaired) electrons. The van der Waals surface area contributed by atoms with E-state index in [2.05, 4.69) is 25.7 Å². The number of nitrogens with two attached hydrogens (primary N) is 1. The average Bonchev–Trinajstić information content (AvgIpc) is 2.57. The summed E-state index contributed by atoms with van der Waals surface area (Å²) in [5, 5.41) is 0. The monoisotopic (exact) mass is 240 g/mol. The lowest BCUT2D eigenvalue weighted by molar-refractivity contribution is 0.103. The second-order valence-electron chi connectivity index (χ2n) is 5.89. The van der Waals surface area contributed by atoms with Crippen molar-refractivity contribution in [2.45, 2.75) is 77.8 Å². The summed E-state index contributed by atoms with van der Waals surface area (Å²) in [6.07, 6.45) is 9.73. The number of rotatable bonds is 6. The second kappa shape index (κ2) is 8.10. The number of hydrogen-bond donors (Lipinski definition) is 1. The topological polar surface area (TPSA) is 29.3 Å². The minimum Gasteiger partial charge on any atom is -0.329 e. The molecule has 1 rings (SSSR count). The predicted octanol–water partition coefficient (Wildman–Crippen LogP) is 3.40. The maximum Gasteiger partial charge on any atom is 0.0249 e. The Morgan fingerprint density at radius 1 is 1.12 bits per heavy atom. The summed E-state index contributed by atoms with van der Waals surface area (Å²) in [7, 11) is 0. The molecule has 1 aliphatic carbocycles. The van der Waals surface area contributed by atoms with Crippen molar-refractivity contribution in [2.75, 3.05) is 13.1 Å². The fraction of sp³-hybridized carbons (Fsp3) is 1.00. The van der Waals surface area contributed by atoms with E-state index < -0.39 is 0 Å². The van der Waals surface area contributed by atoms with Gasteiger partial charge in [-0.05, 0) is 45.6 Å². The molecule has 0 aromatic carbocycles. The van der Waals surface area contributed by atoms with Gasteiger partial charge in [0, 0.05) is 18.6 Å². The van der Waals surface area contributed by atoms with Crippen LogP contribution in [0.3, 0.4) is 0 Å². The molecule has 0 aliphatic heterocycles. The van der Waals surface area contributed by atoms with E-state index >= 15 is 0 Å². The summed E-state index contributed by atoms with van der Waals surface area (Å²) in [5.41, 5.74) is 6.08. The van der Waals surface area contributed by atoms with Gasteiger partial charge in [-0.25, -0.2) is 0 Å². The number of nitrogens with zero attached hydrogens (tertiary/aromatic N) is 1. The third-order valence-corrected chi connectivity index (χ3v) is 4.26. The third-order valence-electron chi connectivity index (χ3n) is 4.26. The van der Waals surface area contributed by atoms with Crippen molar-refractivity contribution >= 4 is 0 Å². The van der Waals surface area contributed by atoms with Gasteiger partial charge in [-0.3, -0.25) is 4.90 Å². The zero-order valence-corrected chi connectivity index (χ0v) is 12.1. The minimum atomic E-state index is 0.619. The molecular formula is C15H32N2. The van der Waals surface area contributed by atoms with Gasteiger partial charge in [0.15, 0.2) is 0 Å². The Hall–Kier alpha value is -0.0800. The molecule has 0 heterocycles. The van der Waals surface area contributed by atoms with Gasteiger partial charge in [-0.2, -0.15) is 0 Å². The molecule has 0 saturated heterocycles. The van der Waals surface area contributed by atoms with Crippen LogP contribution in [0.5, 0.6) is 0 Å². The maximum atomic E-state index is 6.08. The third kappa shape index (κ3) is 4.59. The van der Waals surface area contributed by atoms with E-state index in [1.165, 1.54) is 51.5 Å². The standard InChI is InChI=1S/C15H32N2/c1-4-11-17(13(2)3)15(12-16)14-9-7-5-6-8-10-14/h13-15H,4-12,16H2,1-3H3. The van der Waals surface area contributed by atoms with E-state index in [4.69, 9.17) is 5.73 Å². The van der Waals surface area contributed by atoms with Crippen LogP contribution in [0.4, 0.5) is 0 Å². The Kier molecular flexibility index (Phi) is 7.14. The van der Waals surface area contributed by atoms with Crippen molar-refractivity contribution in [3.8, 4) is 0 Å². The van der Waals surface area contributed by atoms with Crippen molar-refractivity contribution in [3.63, 3.8) is 0 Å². The molecule has 1 saturated carbocycles. The van der Waals surface area contributed by atoms with Gasteiger partial charge in [0.1, 0.15) is 0 Å². The van der Waals surface area contributed by atoms with Crippen LogP contribution in [0, 0.1) is 5.92 Å². The molecule has 1 aliphatic rings. The van der Waals surface area contributed by atoms with E-state index in [1.807, 2.05) is 0 Å². The van der Waals surface area contributed by atoms with Crippen LogP contribution < -0.4 is 5.73 Å². The number of hydrogen-bond acceptors (Lipinski definition) is 2. The first-order valence-electron chi connectivity index (χ1n) is 7.66. The first-order valence-corrected chi connectivity index (χ1v) is 7.66. The first kappa shape index (κ1) is 15.0. The molecule has 0 spiro atoms. The molecule has 2 nitrogen and oxygen atoms in total. The highest BCUT2D eigenvalue weighted by molar-refractivity contribution is 4.83. The molecule has 1 unspecified atom stereocenters. The van der Waals surface area contributed by atoms with Gasteiger partial charge < -0.3 is 5.73 Å². The summed E-state index contributed by atoms with van der Waals surface area (Å²) in [6, 6.07) is 1.25. The molecule has 1 fully saturated rings. The largest absolute Gasteiger partial charge is 0.329 e. The van der Waals surface area contributed by atoms with Crippen LogP contribution >= 0.6 is 0 Å². The molecular weight excluding hydrogens is 208 g/mol. The highest BCUT2D eigenvalue weighted by Crippen LogP contribution is 2.28. The van der Waals surface area contributed by atoms with Gasteiger partial charge in [-0.15, -0.1) is 0 Å². The van der Waals surface area contributed by atoms with Crippen LogP contribution in [0.15, 0.2) is 0 Å². The normalized spacial score (nSPS) is 20.8. The van der Waals surface area contributed by atoms with Gasteiger partial charge in [-0.1, -0.05) is 32.6 Å². The van der Waals surface area contributed by atoms with Crippen LogP contribution in [0.2, 0.25) is 0 Å². The fourth-order valence-corrected chi connectivity index (χ4v) is 3.36. The predicted molar refractivity (Wildman–Crippen MR) is 76.2 cm³/mol. The highest BCUT2D eigenvalue weighted by Gasteiger charge is 2.27. The van der Waals surface area contributed by atoms with E-state index in [0.29, 0.717) is 12.1 Å². The van der Waals surface area contributed by atoms with E-state index in [1.54, 1.807) is 0 Å². The molecule has 1 atom stereocenters. The lowest BCUT2D eigenvalue weighted by Gasteiger charge is -2.39.